The van der Waals surface area contributed by atoms with Gasteiger partial charge in [0.05, 0.1) is 6.10 Å². The van der Waals surface area contributed by atoms with Crippen molar-refractivity contribution in [1.82, 2.24) is 9.80 Å². The van der Waals surface area contributed by atoms with Crippen molar-refractivity contribution in [2.24, 2.45) is 11.8 Å². The summed E-state index contributed by atoms with van der Waals surface area (Å²) < 4.78 is 46.6. The molecule has 2 fully saturated rings. The Morgan fingerprint density at radius 2 is 1.73 bits per heavy atom. The summed E-state index contributed by atoms with van der Waals surface area (Å²) in [5.41, 5.74) is 0.457. The van der Waals surface area contributed by atoms with E-state index in [0.717, 1.165) is 0 Å². The van der Waals surface area contributed by atoms with E-state index in [0.29, 0.717) is 38.0 Å². The Hall–Kier alpha value is -1.93. The molecule has 0 radical (unpaired) electrons. The molecule has 3 atom stereocenters. The van der Waals surface area contributed by atoms with Gasteiger partial charge in [-0.25, -0.2) is 0 Å². The molecule has 5 nitrogen and oxygen atoms in total. The highest BCUT2D eigenvalue weighted by molar-refractivity contribution is 5.95. The first-order chi connectivity index (χ1) is 14.1. The largest absolute Gasteiger partial charge is 0.408 e. The van der Waals surface area contributed by atoms with Gasteiger partial charge in [0.2, 0.25) is 0 Å². The second kappa shape index (κ2) is 9.06. The third-order valence-electron chi connectivity index (χ3n) is 6.11. The summed E-state index contributed by atoms with van der Waals surface area (Å²) in [5.74, 6) is -0.336. The number of amides is 1. The van der Waals surface area contributed by atoms with Crippen molar-refractivity contribution in [3.05, 3.63) is 35.4 Å². The Balaban J connectivity index is 1.72. The number of alkyl halides is 3. The Labute approximate surface area is 175 Å². The van der Waals surface area contributed by atoms with E-state index in [-0.39, 0.29) is 41.7 Å². The number of rotatable bonds is 6. The maximum absolute atomic E-state index is 13.8. The normalized spacial score (nSPS) is 23.9. The van der Waals surface area contributed by atoms with E-state index in [1.807, 2.05) is 13.8 Å². The van der Waals surface area contributed by atoms with Crippen molar-refractivity contribution in [2.45, 2.75) is 45.0 Å². The van der Waals surface area contributed by atoms with Crippen molar-refractivity contribution in [3.63, 3.8) is 0 Å². The summed E-state index contributed by atoms with van der Waals surface area (Å²) >= 11 is 0. The number of carbonyl (C=O) groups excluding carboxylic acids is 2. The summed E-state index contributed by atoms with van der Waals surface area (Å²) in [6.45, 7) is 5.08. The first-order valence-electron chi connectivity index (χ1n) is 10.4. The van der Waals surface area contributed by atoms with E-state index in [1.54, 1.807) is 4.90 Å². The van der Waals surface area contributed by atoms with Crippen LogP contribution in [0, 0.1) is 11.8 Å². The van der Waals surface area contributed by atoms with Crippen LogP contribution in [0.1, 0.15) is 48.7 Å². The molecule has 3 rings (SSSR count). The second-order valence-corrected chi connectivity index (χ2v) is 8.50. The average molecular weight is 426 g/mol. The lowest BCUT2D eigenvalue weighted by Gasteiger charge is -2.30. The van der Waals surface area contributed by atoms with Crippen molar-refractivity contribution in [3.8, 4) is 0 Å². The SMILES string of the molecule is COC1CCN(C(c2ccc(C(=O)N3CCC(C(=O)C(C)C)C3)cc2)C(F)(F)F)C1. The lowest BCUT2D eigenvalue weighted by molar-refractivity contribution is -0.184. The Morgan fingerprint density at radius 3 is 2.27 bits per heavy atom. The first kappa shape index (κ1) is 22.7. The van der Waals surface area contributed by atoms with Crippen LogP contribution in [-0.4, -0.2) is 67.1 Å². The van der Waals surface area contributed by atoms with Crippen molar-refractivity contribution >= 4 is 11.7 Å². The lowest BCUT2D eigenvalue weighted by Crippen LogP contribution is -2.37. The van der Waals surface area contributed by atoms with Crippen LogP contribution in [-0.2, 0) is 9.53 Å². The molecular weight excluding hydrogens is 397 g/mol. The monoisotopic (exact) mass is 426 g/mol. The van der Waals surface area contributed by atoms with Gasteiger partial charge in [0.25, 0.3) is 5.91 Å². The zero-order chi connectivity index (χ0) is 22.1. The number of Topliss-reactive ketones (excluding diaryl/α,β-unsaturated/α-hetero) is 1. The highest BCUT2D eigenvalue weighted by Crippen LogP contribution is 2.39. The minimum absolute atomic E-state index is 0.0769. The molecule has 0 N–H and O–H groups in total. The van der Waals surface area contributed by atoms with Gasteiger partial charge in [-0.1, -0.05) is 26.0 Å². The van der Waals surface area contributed by atoms with Crippen molar-refractivity contribution in [2.75, 3.05) is 33.3 Å². The van der Waals surface area contributed by atoms with Crippen LogP contribution >= 0.6 is 0 Å². The Morgan fingerprint density at radius 1 is 1.07 bits per heavy atom. The number of hydrogen-bond acceptors (Lipinski definition) is 4. The average Bonchev–Trinajstić information content (AvgIpc) is 3.36. The molecule has 3 unspecified atom stereocenters. The minimum Gasteiger partial charge on any atom is -0.380 e. The fraction of sp³-hybridized carbons (Fsp3) is 0.636. The summed E-state index contributed by atoms with van der Waals surface area (Å²) in [4.78, 5) is 27.9. The predicted molar refractivity (Wildman–Crippen MR) is 106 cm³/mol. The van der Waals surface area contributed by atoms with Crippen LogP contribution < -0.4 is 0 Å². The summed E-state index contributed by atoms with van der Waals surface area (Å²) in [7, 11) is 1.51. The molecular formula is C22H29F3N2O3. The van der Waals surface area contributed by atoms with Gasteiger partial charge >= 0.3 is 6.18 Å². The van der Waals surface area contributed by atoms with Gasteiger partial charge in [-0.3, -0.25) is 14.5 Å². The topological polar surface area (TPSA) is 49.9 Å². The van der Waals surface area contributed by atoms with E-state index in [4.69, 9.17) is 4.74 Å². The molecule has 30 heavy (non-hydrogen) atoms. The number of ketones is 1. The molecule has 0 saturated carbocycles. The molecule has 0 aromatic heterocycles. The fourth-order valence-electron chi connectivity index (χ4n) is 4.43. The zero-order valence-corrected chi connectivity index (χ0v) is 17.6. The third kappa shape index (κ3) is 4.86. The zero-order valence-electron chi connectivity index (χ0n) is 17.6. The number of benzene rings is 1. The number of methoxy groups -OCH3 is 1. The molecule has 2 aliphatic rings. The fourth-order valence-corrected chi connectivity index (χ4v) is 4.43. The van der Waals surface area contributed by atoms with Crippen LogP contribution in [0.5, 0.6) is 0 Å². The highest BCUT2D eigenvalue weighted by Gasteiger charge is 2.46. The van der Waals surface area contributed by atoms with Crippen LogP contribution in [0.25, 0.3) is 0 Å². The molecule has 1 aromatic carbocycles. The molecule has 166 valence electrons. The van der Waals surface area contributed by atoms with Crippen LogP contribution in [0.15, 0.2) is 24.3 Å². The molecule has 1 amide bonds. The van der Waals surface area contributed by atoms with Crippen molar-refractivity contribution in [1.29, 1.82) is 0 Å². The molecule has 2 saturated heterocycles. The van der Waals surface area contributed by atoms with Gasteiger partial charge in [-0.2, -0.15) is 13.2 Å². The van der Waals surface area contributed by atoms with E-state index < -0.39 is 12.2 Å². The number of nitrogens with zero attached hydrogens (tertiary/aromatic N) is 2. The molecule has 0 bridgehead atoms. The van der Waals surface area contributed by atoms with E-state index in [1.165, 1.54) is 36.3 Å². The third-order valence-corrected chi connectivity index (χ3v) is 6.11. The van der Waals surface area contributed by atoms with Gasteiger partial charge in [-0.05, 0) is 30.5 Å². The van der Waals surface area contributed by atoms with Crippen LogP contribution in [0.3, 0.4) is 0 Å². The summed E-state index contributed by atoms with van der Waals surface area (Å²) in [5, 5.41) is 0. The minimum atomic E-state index is -4.42. The Bertz CT molecular complexity index is 764. The number of halogens is 3. The molecule has 1 aromatic rings. The Kier molecular flexibility index (Phi) is 6.87. The molecule has 0 spiro atoms. The van der Waals surface area contributed by atoms with Crippen LogP contribution in [0.4, 0.5) is 13.2 Å². The number of ether oxygens (including phenoxy) is 1. The first-order valence-corrected chi connectivity index (χ1v) is 10.4. The van der Waals surface area contributed by atoms with Gasteiger partial charge in [0.1, 0.15) is 11.8 Å². The predicted octanol–water partition coefficient (Wildman–Crippen LogP) is 3.70. The lowest BCUT2D eigenvalue weighted by atomic mass is 9.95. The van der Waals surface area contributed by atoms with Crippen LogP contribution in [0.2, 0.25) is 0 Å². The number of likely N-dealkylation sites (tertiary alicyclic amines) is 2. The maximum Gasteiger partial charge on any atom is 0.408 e. The molecule has 2 aliphatic heterocycles. The standard InChI is InChI=1S/C22H29F3N2O3/c1-14(2)19(28)17-8-10-27(12-17)21(29)16-6-4-15(5-7-16)20(22(23,24)25)26-11-9-18(13-26)30-3/h4-7,14,17-18,20H,8-13H2,1-3H3. The molecule has 0 aliphatic carbocycles. The smallest absolute Gasteiger partial charge is 0.380 e. The van der Waals surface area contributed by atoms with Crippen molar-refractivity contribution < 1.29 is 27.5 Å². The second-order valence-electron chi connectivity index (χ2n) is 8.50. The van der Waals surface area contributed by atoms with E-state index in [2.05, 4.69) is 0 Å². The van der Waals surface area contributed by atoms with E-state index in [9.17, 15) is 22.8 Å². The summed E-state index contributed by atoms with van der Waals surface area (Å²) in [6, 6.07) is 3.97. The van der Waals surface area contributed by atoms with E-state index >= 15 is 0 Å². The van der Waals surface area contributed by atoms with Gasteiger partial charge in [-0.15, -0.1) is 0 Å². The van der Waals surface area contributed by atoms with Gasteiger partial charge < -0.3 is 9.64 Å². The van der Waals surface area contributed by atoms with Gasteiger partial charge in [0.15, 0.2) is 0 Å². The quantitative estimate of drug-likeness (QED) is 0.696. The highest BCUT2D eigenvalue weighted by atomic mass is 19.4. The van der Waals surface area contributed by atoms with Gasteiger partial charge in [0, 0.05) is 50.7 Å². The molecule has 2 heterocycles. The number of carbonyl (C=O) groups is 2. The molecule has 8 heteroatoms. The summed E-state index contributed by atoms with van der Waals surface area (Å²) in [6.07, 6.45) is -3.43. The maximum atomic E-state index is 13.8. The number of hydrogen-bond donors (Lipinski definition) is 0.